The molecule has 0 heterocycles. The molecule has 0 aliphatic rings. The monoisotopic (exact) mass is 379 g/mol. The lowest BCUT2D eigenvalue weighted by molar-refractivity contribution is -0.120. The van der Waals surface area contributed by atoms with Crippen molar-refractivity contribution in [2.75, 3.05) is 11.9 Å². The van der Waals surface area contributed by atoms with Crippen LogP contribution in [0.15, 0.2) is 53.4 Å². The summed E-state index contributed by atoms with van der Waals surface area (Å²) >= 11 is 0. The Bertz CT molecular complexity index is 898. The van der Waals surface area contributed by atoms with Gasteiger partial charge in [-0.1, -0.05) is 18.2 Å². The molecule has 0 aliphatic carbocycles. The van der Waals surface area contributed by atoms with Gasteiger partial charge in [-0.2, -0.15) is 0 Å². The molecule has 2 aromatic rings. The van der Waals surface area contributed by atoms with Crippen LogP contribution in [0.5, 0.6) is 0 Å². The Hall–Kier alpha value is -2.78. The van der Waals surface area contributed by atoms with Crippen LogP contribution in [0.1, 0.15) is 12.5 Å². The number of amides is 2. The van der Waals surface area contributed by atoms with Crippen molar-refractivity contribution in [3.8, 4) is 0 Å². The van der Waals surface area contributed by atoms with Gasteiger partial charge in [0.25, 0.3) is 0 Å². The summed E-state index contributed by atoms with van der Waals surface area (Å²) in [6.07, 6.45) is 0. The van der Waals surface area contributed by atoms with Crippen molar-refractivity contribution in [1.29, 1.82) is 0 Å². The average Bonchev–Trinajstić information content (AvgIpc) is 2.59. The third kappa shape index (κ3) is 5.64. The van der Waals surface area contributed by atoms with E-state index in [1.807, 2.05) is 0 Å². The van der Waals surface area contributed by atoms with Crippen molar-refractivity contribution >= 4 is 27.5 Å². The normalized spacial score (nSPS) is 11.0. The first kappa shape index (κ1) is 19.5. The van der Waals surface area contributed by atoms with Gasteiger partial charge in [0.1, 0.15) is 5.82 Å². The molecule has 0 radical (unpaired) electrons. The highest BCUT2D eigenvalue weighted by atomic mass is 32.2. The first-order valence-electron chi connectivity index (χ1n) is 7.65. The number of carbonyl (C=O) groups is 2. The zero-order valence-corrected chi connectivity index (χ0v) is 14.8. The van der Waals surface area contributed by atoms with E-state index in [1.54, 1.807) is 6.07 Å². The molecule has 2 aromatic carbocycles. The van der Waals surface area contributed by atoms with E-state index >= 15 is 0 Å². The number of anilines is 1. The van der Waals surface area contributed by atoms with E-state index in [2.05, 4.69) is 15.4 Å². The molecule has 0 saturated heterocycles. The highest BCUT2D eigenvalue weighted by Crippen LogP contribution is 2.13. The van der Waals surface area contributed by atoms with Crippen molar-refractivity contribution in [3.05, 3.63) is 59.9 Å². The fraction of sp³-hybridized carbons (Fsp3) is 0.176. The molecule has 0 bridgehead atoms. The molecule has 3 N–H and O–H groups in total. The van der Waals surface area contributed by atoms with Gasteiger partial charge in [-0.05, 0) is 30.3 Å². The minimum atomic E-state index is -3.89. The maximum atomic E-state index is 13.5. The van der Waals surface area contributed by atoms with E-state index in [9.17, 15) is 22.4 Å². The summed E-state index contributed by atoms with van der Waals surface area (Å²) in [7, 11) is -3.89. The van der Waals surface area contributed by atoms with Gasteiger partial charge in [0.2, 0.25) is 21.8 Å². The van der Waals surface area contributed by atoms with Gasteiger partial charge >= 0.3 is 0 Å². The highest BCUT2D eigenvalue weighted by molar-refractivity contribution is 7.89. The number of sulfonamides is 1. The zero-order valence-electron chi connectivity index (χ0n) is 14.0. The van der Waals surface area contributed by atoms with Crippen LogP contribution in [-0.2, 0) is 26.2 Å². The fourth-order valence-corrected chi connectivity index (χ4v) is 3.04. The molecule has 2 rings (SSSR count). The smallest absolute Gasteiger partial charge is 0.241 e. The van der Waals surface area contributed by atoms with Crippen molar-refractivity contribution in [2.24, 2.45) is 0 Å². The van der Waals surface area contributed by atoms with Crippen LogP contribution < -0.4 is 15.4 Å². The SMILES string of the molecule is CC(=O)Nc1ccc(S(=O)(=O)NCC(=O)NCc2ccccc2F)cc1. The van der Waals surface area contributed by atoms with Gasteiger partial charge in [-0.15, -0.1) is 0 Å². The largest absolute Gasteiger partial charge is 0.351 e. The summed E-state index contributed by atoms with van der Waals surface area (Å²) in [5, 5.41) is 4.96. The molecular formula is C17H18FN3O4S. The lowest BCUT2D eigenvalue weighted by Crippen LogP contribution is -2.36. The summed E-state index contributed by atoms with van der Waals surface area (Å²) in [6.45, 7) is 0.814. The molecule has 0 spiro atoms. The standard InChI is InChI=1S/C17H18FN3O4S/c1-12(22)21-14-6-8-15(9-7-14)26(24,25)20-11-17(23)19-10-13-4-2-3-5-16(13)18/h2-9,20H,10-11H2,1H3,(H,19,23)(H,21,22). The molecule has 138 valence electrons. The summed E-state index contributed by atoms with van der Waals surface area (Å²) < 4.78 is 39.9. The second-order valence-corrected chi connectivity index (χ2v) is 7.17. The Morgan fingerprint density at radius 1 is 1.04 bits per heavy atom. The van der Waals surface area contributed by atoms with Gasteiger partial charge in [-0.25, -0.2) is 17.5 Å². The third-order valence-electron chi connectivity index (χ3n) is 3.34. The molecule has 0 fully saturated rings. The van der Waals surface area contributed by atoms with Gasteiger partial charge < -0.3 is 10.6 Å². The van der Waals surface area contributed by atoms with Crippen LogP contribution in [0.3, 0.4) is 0 Å². The van der Waals surface area contributed by atoms with E-state index in [0.717, 1.165) is 0 Å². The van der Waals surface area contributed by atoms with Crippen molar-refractivity contribution in [1.82, 2.24) is 10.0 Å². The summed E-state index contributed by atoms with van der Waals surface area (Å²) in [5.74, 6) is -1.32. The summed E-state index contributed by atoms with van der Waals surface area (Å²) in [4.78, 5) is 22.7. The first-order chi connectivity index (χ1) is 12.3. The van der Waals surface area contributed by atoms with Gasteiger partial charge in [0, 0.05) is 24.7 Å². The summed E-state index contributed by atoms with van der Waals surface area (Å²) in [6, 6.07) is 11.5. The quantitative estimate of drug-likeness (QED) is 0.676. The minimum Gasteiger partial charge on any atom is -0.351 e. The molecule has 0 unspecified atom stereocenters. The second-order valence-electron chi connectivity index (χ2n) is 5.40. The Kier molecular flexibility index (Phi) is 6.42. The second kappa shape index (κ2) is 8.54. The summed E-state index contributed by atoms with van der Waals surface area (Å²) in [5.41, 5.74) is 0.761. The van der Waals surface area contributed by atoms with Crippen molar-refractivity contribution in [3.63, 3.8) is 0 Å². The molecule has 9 heteroatoms. The average molecular weight is 379 g/mol. The number of hydrogen-bond donors (Lipinski definition) is 3. The molecular weight excluding hydrogens is 361 g/mol. The van der Waals surface area contributed by atoms with Gasteiger partial charge in [0.15, 0.2) is 0 Å². The van der Waals surface area contributed by atoms with Crippen LogP contribution in [0.4, 0.5) is 10.1 Å². The lowest BCUT2D eigenvalue weighted by Gasteiger charge is -2.09. The minimum absolute atomic E-state index is 0.0430. The topological polar surface area (TPSA) is 104 Å². The lowest BCUT2D eigenvalue weighted by atomic mass is 10.2. The van der Waals surface area contributed by atoms with E-state index in [0.29, 0.717) is 11.3 Å². The molecule has 0 atom stereocenters. The molecule has 2 amide bonds. The molecule has 0 saturated carbocycles. The van der Waals surface area contributed by atoms with Crippen LogP contribution in [0.25, 0.3) is 0 Å². The maximum Gasteiger partial charge on any atom is 0.241 e. The number of rotatable bonds is 7. The predicted molar refractivity (Wildman–Crippen MR) is 94.2 cm³/mol. The number of nitrogens with one attached hydrogen (secondary N) is 3. The number of carbonyl (C=O) groups excluding carboxylic acids is 2. The van der Waals surface area contributed by atoms with Gasteiger partial charge in [-0.3, -0.25) is 9.59 Å². The Morgan fingerprint density at radius 2 is 1.69 bits per heavy atom. The van der Waals surface area contributed by atoms with Crippen LogP contribution in [-0.4, -0.2) is 26.8 Å². The Labute approximate surface area is 150 Å². The van der Waals surface area contributed by atoms with E-state index < -0.39 is 28.3 Å². The predicted octanol–water partition coefficient (Wildman–Crippen LogP) is 1.38. The Morgan fingerprint density at radius 3 is 2.31 bits per heavy atom. The zero-order chi connectivity index (χ0) is 19.2. The van der Waals surface area contributed by atoms with Crippen LogP contribution >= 0.6 is 0 Å². The van der Waals surface area contributed by atoms with Crippen LogP contribution in [0.2, 0.25) is 0 Å². The molecule has 0 aromatic heterocycles. The van der Waals surface area contributed by atoms with Crippen molar-refractivity contribution in [2.45, 2.75) is 18.4 Å². The van der Waals surface area contributed by atoms with Crippen LogP contribution in [0, 0.1) is 5.82 Å². The molecule has 7 nitrogen and oxygen atoms in total. The third-order valence-corrected chi connectivity index (χ3v) is 4.76. The van der Waals surface area contributed by atoms with E-state index in [-0.39, 0.29) is 17.3 Å². The number of halogens is 1. The first-order valence-corrected chi connectivity index (χ1v) is 9.13. The van der Waals surface area contributed by atoms with E-state index in [4.69, 9.17) is 0 Å². The molecule has 0 aliphatic heterocycles. The highest BCUT2D eigenvalue weighted by Gasteiger charge is 2.15. The maximum absolute atomic E-state index is 13.5. The van der Waals surface area contributed by atoms with Gasteiger partial charge in [0.05, 0.1) is 11.4 Å². The number of benzene rings is 2. The van der Waals surface area contributed by atoms with Crippen molar-refractivity contribution < 1.29 is 22.4 Å². The molecule has 26 heavy (non-hydrogen) atoms. The fourth-order valence-electron chi connectivity index (χ4n) is 2.06. The Balaban J connectivity index is 1.89. The number of hydrogen-bond acceptors (Lipinski definition) is 4. The van der Waals surface area contributed by atoms with E-state index in [1.165, 1.54) is 49.4 Å².